The van der Waals surface area contributed by atoms with Gasteiger partial charge in [-0.1, -0.05) is 67.0 Å². The average molecular weight is 1220 g/mol. The van der Waals surface area contributed by atoms with Gasteiger partial charge in [-0.25, -0.2) is 24.7 Å². The van der Waals surface area contributed by atoms with Crippen molar-refractivity contribution in [1.82, 2.24) is 25.3 Å². The van der Waals surface area contributed by atoms with Crippen LogP contribution in [0.5, 0.6) is 0 Å². The number of thiazole rings is 2. The van der Waals surface area contributed by atoms with Crippen LogP contribution in [0.3, 0.4) is 0 Å². The van der Waals surface area contributed by atoms with Crippen LogP contribution in [0.25, 0.3) is 42.7 Å². The Morgan fingerprint density at radius 1 is 0.761 bits per heavy atom. The summed E-state index contributed by atoms with van der Waals surface area (Å²) in [5.41, 5.74) is 10.6. The van der Waals surface area contributed by atoms with Crippen molar-refractivity contribution in [2.45, 2.75) is 59.0 Å². The third kappa shape index (κ3) is 13.6. The summed E-state index contributed by atoms with van der Waals surface area (Å²) in [7, 11) is 3.75. The molecular weight excluding hydrogens is 1170 g/mol. The number of hydrogen-bond donors (Lipinski definition) is 3. The summed E-state index contributed by atoms with van der Waals surface area (Å²) in [6.07, 6.45) is 6.29. The van der Waals surface area contributed by atoms with Crippen LogP contribution in [-0.4, -0.2) is 77.0 Å². The largest absolute Gasteiger partial charge is 0.480 e. The number of halogens is 4. The van der Waals surface area contributed by atoms with Crippen LogP contribution in [0.2, 0.25) is 10.0 Å². The molecule has 4 aromatic heterocycles. The number of pyridine rings is 2. The summed E-state index contributed by atoms with van der Waals surface area (Å²) in [4.78, 5) is 40.7. The minimum atomic E-state index is -0.793. The van der Waals surface area contributed by atoms with Crippen molar-refractivity contribution in [1.29, 1.82) is 1.34 Å². The smallest absolute Gasteiger partial charge is 0.326 e. The number of rotatable bonds is 9. The third-order valence-corrected chi connectivity index (χ3v) is 13.0. The van der Waals surface area contributed by atoms with E-state index >= 15 is 0 Å². The number of carboxylic acids is 2. The Morgan fingerprint density at radius 3 is 1.63 bits per heavy atom. The number of carbonyl (C=O) groups is 2. The second kappa shape index (κ2) is 24.7. The van der Waals surface area contributed by atoms with Gasteiger partial charge < -0.3 is 20.4 Å². The zero-order valence-corrected chi connectivity index (χ0v) is 43.8. The standard InChI is InChI=1S/C24H20ClN3O2S.C20H14ClFN2S.C4H7NO2.CH4.BH.ClH.U/c1-14-27-23-19(17-3-2-4-18(25)12-17)10-16(11-21(23)31-14)9-15-5-6-22(26-13-15)28-8-7-20(28)24(29)30;1-12-24-20-17(15-3-2-4-16(21)10-15)8-14(9-18(20)25-12)7-13-5-6-19(22)23-11-13;6-4(7)3-1-2-5-3;;;;/h2-6,10-13,20H,7-9H2,1H3,(H,29,30);2-6,8-11H,7H2,1H3;3,5H,1-2H2,(H,6,7);1H4;2*1H;/t20-;;3-;;;;/m1.1..../s1/i;;;;1D;;. The van der Waals surface area contributed by atoms with Crippen molar-refractivity contribution in [2.24, 2.45) is 0 Å². The number of nitrogens with zero attached hydrogens (tertiary/aromatic N) is 5. The summed E-state index contributed by atoms with van der Waals surface area (Å²) < 4.78 is 20.6. The zero-order chi connectivity index (χ0) is 46.2. The summed E-state index contributed by atoms with van der Waals surface area (Å²) in [6.45, 7) is 5.62. The van der Waals surface area contributed by atoms with Gasteiger partial charge in [0.05, 0.1) is 30.4 Å². The maximum Gasteiger partial charge on any atom is 0.326 e. The number of hydrogen-bond acceptors (Lipinski definition) is 10. The van der Waals surface area contributed by atoms with E-state index in [1.165, 1.54) is 11.6 Å². The normalized spacial score (nSPS) is 14.6. The van der Waals surface area contributed by atoms with Gasteiger partial charge in [-0.05, 0) is 141 Å². The monoisotopic (exact) mass is 1220 g/mol. The number of benzene rings is 4. The first-order valence-corrected chi connectivity index (χ1v) is 22.6. The Hall–Kier alpha value is -4.42. The van der Waals surface area contributed by atoms with Crippen LogP contribution >= 0.6 is 58.3 Å². The van der Waals surface area contributed by atoms with Gasteiger partial charge in [-0.15, -0.1) is 35.1 Å². The molecule has 2 aliphatic heterocycles. The molecular formula is C49H47BCl3FN6O4S2U. The molecule has 0 saturated carbocycles. The first-order valence-electron chi connectivity index (χ1n) is 20.8. The molecule has 10 nitrogen and oxygen atoms in total. The molecule has 0 spiro atoms. The number of carboxylic acid groups (broad SMARTS) is 2. The minimum Gasteiger partial charge on any atom is -0.480 e. The molecule has 0 aliphatic carbocycles. The molecule has 10 rings (SSSR count). The van der Waals surface area contributed by atoms with E-state index in [-0.39, 0.29) is 57.0 Å². The molecule has 2 radical (unpaired) electrons. The molecule has 2 aliphatic rings. The second-order valence-corrected chi connectivity index (χ2v) is 18.6. The fraction of sp³-hybridized carbons (Fsp3) is 0.224. The number of nitrogens with one attached hydrogen (secondary N) is 1. The SMILES string of the molecule is C.Cc1nc2c(-c3cccc(Cl)c3)cc(Cc3ccc(F)nc3)cc2s1.Cc1nc2c(-c3cccc(Cl)c3)cc(Cc3ccc(N4CC[C@@H]4C(=O)O)nc3)cc2s1.Cl.O=C(O)[C@H]1CCN1.[2H][B].[U]. The molecule has 6 heterocycles. The molecule has 8 aromatic rings. The number of fused-ring (bicyclic) bond motifs is 2. The molecule has 2 atom stereocenters. The molecule has 4 aromatic carbocycles. The Labute approximate surface area is 440 Å². The van der Waals surface area contributed by atoms with E-state index in [1.54, 1.807) is 34.9 Å². The van der Waals surface area contributed by atoms with Gasteiger partial charge in [0.15, 0.2) is 0 Å². The van der Waals surface area contributed by atoms with Gasteiger partial charge in [0.2, 0.25) is 5.95 Å². The van der Waals surface area contributed by atoms with E-state index in [0.29, 0.717) is 22.9 Å². The van der Waals surface area contributed by atoms with E-state index < -0.39 is 23.9 Å². The quantitative estimate of drug-likeness (QED) is 0.0945. The summed E-state index contributed by atoms with van der Waals surface area (Å²) in [5.74, 6) is -1.27. The van der Waals surface area contributed by atoms with Crippen molar-refractivity contribution in [3.05, 3.63) is 158 Å². The van der Waals surface area contributed by atoms with Gasteiger partial charge >= 0.3 is 11.9 Å². The van der Waals surface area contributed by atoms with Crippen molar-refractivity contribution in [3.63, 3.8) is 0 Å². The number of aliphatic carboxylic acids is 2. The van der Waals surface area contributed by atoms with E-state index in [1.807, 2.05) is 79.5 Å². The van der Waals surface area contributed by atoms with Crippen molar-refractivity contribution >= 4 is 105 Å². The zero-order valence-electron chi connectivity index (χ0n) is 36.7. The molecule has 344 valence electrons. The topological polar surface area (TPSA) is 141 Å². The average Bonchev–Trinajstić information content (AvgIpc) is 3.82. The van der Waals surface area contributed by atoms with Gasteiger partial charge in [-0.3, -0.25) is 4.79 Å². The van der Waals surface area contributed by atoms with Gasteiger partial charge in [0.1, 0.15) is 17.9 Å². The molecule has 2 fully saturated rings. The van der Waals surface area contributed by atoms with Crippen molar-refractivity contribution in [2.75, 3.05) is 18.0 Å². The van der Waals surface area contributed by atoms with Gasteiger partial charge in [-0.2, -0.15) is 4.39 Å². The van der Waals surface area contributed by atoms with Crippen LogP contribution in [0, 0.1) is 50.9 Å². The molecule has 18 heteroatoms. The summed E-state index contributed by atoms with van der Waals surface area (Å²) in [6, 6.07) is 30.7. The molecule has 67 heavy (non-hydrogen) atoms. The van der Waals surface area contributed by atoms with Crippen LogP contribution in [0.15, 0.2) is 109 Å². The maximum absolute atomic E-state index is 13.0. The molecule has 3 N–H and O–H groups in total. The van der Waals surface area contributed by atoms with Crippen molar-refractivity contribution in [3.8, 4) is 22.3 Å². The minimum absolute atomic E-state index is 0. The first-order chi connectivity index (χ1) is 31.4. The number of anilines is 1. The number of aromatic nitrogens is 4. The molecule has 0 unspecified atom stereocenters. The molecule has 2 saturated heterocycles. The Morgan fingerprint density at radius 2 is 1.27 bits per heavy atom. The fourth-order valence-corrected chi connectivity index (χ4v) is 9.66. The summed E-state index contributed by atoms with van der Waals surface area (Å²) in [5, 5.41) is 23.6. The van der Waals surface area contributed by atoms with Crippen LogP contribution in [0.1, 0.15) is 52.5 Å². The molecule has 0 bridgehead atoms. The van der Waals surface area contributed by atoms with Gasteiger partial charge in [0.25, 0.3) is 0 Å². The number of aryl methyl sites for hydroxylation is 2. The van der Waals surface area contributed by atoms with E-state index in [9.17, 15) is 19.1 Å². The fourth-order valence-electron chi connectivity index (χ4n) is 7.44. The summed E-state index contributed by atoms with van der Waals surface area (Å²) >= 11 is 15.8. The van der Waals surface area contributed by atoms with Crippen LogP contribution < -0.4 is 10.2 Å². The predicted molar refractivity (Wildman–Crippen MR) is 272 cm³/mol. The first kappa shape index (κ1) is 53.5. The second-order valence-electron chi connectivity index (χ2n) is 15.3. The Balaban J connectivity index is 0.000000245. The van der Waals surface area contributed by atoms with E-state index in [4.69, 9.17) is 39.6 Å². The van der Waals surface area contributed by atoms with E-state index in [2.05, 4.69) is 54.0 Å². The molecule has 0 amide bonds. The van der Waals surface area contributed by atoms with Crippen molar-refractivity contribution < 1.29 is 55.3 Å². The third-order valence-electron chi connectivity index (χ3n) is 10.7. The van der Waals surface area contributed by atoms with Crippen LogP contribution in [-0.2, 0) is 22.4 Å². The predicted octanol–water partition coefficient (Wildman–Crippen LogP) is 11.5. The Bertz CT molecular complexity index is 2970. The van der Waals surface area contributed by atoms with Crippen LogP contribution in [0.4, 0.5) is 10.2 Å². The Kier molecular flexibility index (Phi) is 19.8. The maximum atomic E-state index is 13.0. The van der Waals surface area contributed by atoms with Gasteiger partial charge in [0, 0.05) is 79.6 Å². The van der Waals surface area contributed by atoms with E-state index in [0.717, 1.165) is 101 Å².